The van der Waals surface area contributed by atoms with Crippen LogP contribution in [0.4, 0.5) is 0 Å². The summed E-state index contributed by atoms with van der Waals surface area (Å²) in [7, 11) is 0. The summed E-state index contributed by atoms with van der Waals surface area (Å²) in [6.45, 7) is 6.18. The molecule has 0 amide bonds. The van der Waals surface area contributed by atoms with E-state index in [1.54, 1.807) is 18.0 Å². The highest BCUT2D eigenvalue weighted by Gasteiger charge is 2.07. The van der Waals surface area contributed by atoms with Crippen molar-refractivity contribution in [2.75, 3.05) is 0 Å². The highest BCUT2D eigenvalue weighted by Crippen LogP contribution is 2.31. The Morgan fingerprint density at radius 1 is 1.12 bits per heavy atom. The molecule has 0 spiro atoms. The minimum atomic E-state index is 0.294. The number of hydrogen-bond acceptors (Lipinski definition) is 3. The molecule has 2 nitrogen and oxygen atoms in total. The van der Waals surface area contributed by atoms with Gasteiger partial charge in [0.05, 0.1) is 0 Å². The van der Waals surface area contributed by atoms with Crippen molar-refractivity contribution in [3.8, 4) is 0 Å². The van der Waals surface area contributed by atoms with E-state index in [2.05, 4.69) is 42.0 Å². The topological polar surface area (TPSA) is 25.8 Å². The van der Waals surface area contributed by atoms with Gasteiger partial charge in [-0.05, 0) is 44.0 Å². The van der Waals surface area contributed by atoms with Gasteiger partial charge in [0.2, 0.25) is 5.28 Å². The van der Waals surface area contributed by atoms with Gasteiger partial charge in [0.25, 0.3) is 0 Å². The van der Waals surface area contributed by atoms with Gasteiger partial charge in [-0.2, -0.15) is 0 Å². The SMILES string of the molecule is Cc1ccc(Sc2nc(Cl)ncc2C)c(C)c1. The molecule has 0 atom stereocenters. The van der Waals surface area contributed by atoms with E-state index in [9.17, 15) is 0 Å². The summed E-state index contributed by atoms with van der Waals surface area (Å²) in [5.41, 5.74) is 3.56. The van der Waals surface area contributed by atoms with Crippen LogP contribution >= 0.6 is 23.4 Å². The number of nitrogens with zero attached hydrogens (tertiary/aromatic N) is 2. The fraction of sp³-hybridized carbons (Fsp3) is 0.231. The molecule has 4 heteroatoms. The zero-order chi connectivity index (χ0) is 12.4. The number of aromatic nitrogens is 2. The van der Waals surface area contributed by atoms with E-state index in [1.807, 2.05) is 6.92 Å². The second-order valence-corrected chi connectivity index (χ2v) is 5.37. The van der Waals surface area contributed by atoms with Gasteiger partial charge in [0.1, 0.15) is 5.03 Å². The monoisotopic (exact) mass is 264 g/mol. The molecule has 0 aliphatic rings. The average Bonchev–Trinajstić information content (AvgIpc) is 2.27. The van der Waals surface area contributed by atoms with Crippen LogP contribution in [0.25, 0.3) is 0 Å². The Morgan fingerprint density at radius 2 is 1.88 bits per heavy atom. The zero-order valence-corrected chi connectivity index (χ0v) is 11.6. The van der Waals surface area contributed by atoms with Crippen molar-refractivity contribution in [1.29, 1.82) is 0 Å². The molecule has 0 aliphatic heterocycles. The van der Waals surface area contributed by atoms with Crippen LogP contribution in [0.15, 0.2) is 34.3 Å². The van der Waals surface area contributed by atoms with E-state index in [1.165, 1.54) is 16.0 Å². The summed E-state index contributed by atoms with van der Waals surface area (Å²) >= 11 is 7.44. The lowest BCUT2D eigenvalue weighted by molar-refractivity contribution is 1.00. The Balaban J connectivity index is 2.34. The van der Waals surface area contributed by atoms with Gasteiger partial charge in [-0.15, -0.1) is 0 Å². The summed E-state index contributed by atoms with van der Waals surface area (Å²) in [6, 6.07) is 6.39. The largest absolute Gasteiger partial charge is 0.226 e. The van der Waals surface area contributed by atoms with E-state index in [0.717, 1.165) is 10.6 Å². The maximum Gasteiger partial charge on any atom is 0.223 e. The molecule has 2 rings (SSSR count). The number of hydrogen-bond donors (Lipinski definition) is 0. The van der Waals surface area contributed by atoms with Crippen LogP contribution < -0.4 is 0 Å². The highest BCUT2D eigenvalue weighted by atomic mass is 35.5. The first-order chi connectivity index (χ1) is 8.06. The molecule has 0 saturated heterocycles. The predicted octanol–water partition coefficient (Wildman–Crippen LogP) is 4.21. The first-order valence-corrected chi connectivity index (χ1v) is 6.50. The molecule has 1 aromatic carbocycles. The molecular weight excluding hydrogens is 252 g/mol. The van der Waals surface area contributed by atoms with Crippen molar-refractivity contribution >= 4 is 23.4 Å². The maximum absolute atomic E-state index is 5.81. The second kappa shape index (κ2) is 5.07. The van der Waals surface area contributed by atoms with Crippen molar-refractivity contribution in [1.82, 2.24) is 9.97 Å². The van der Waals surface area contributed by atoms with E-state index in [-0.39, 0.29) is 0 Å². The normalized spacial score (nSPS) is 10.6. The summed E-state index contributed by atoms with van der Waals surface area (Å²) in [4.78, 5) is 9.41. The molecule has 0 aliphatic carbocycles. The smallest absolute Gasteiger partial charge is 0.223 e. The third-order valence-corrected chi connectivity index (χ3v) is 3.90. The standard InChI is InChI=1S/C13H13ClN2S/c1-8-4-5-11(9(2)6-8)17-12-10(3)7-15-13(14)16-12/h4-7H,1-3H3. The fourth-order valence-corrected chi connectivity index (χ4v) is 2.62. The van der Waals surface area contributed by atoms with Gasteiger partial charge in [0.15, 0.2) is 0 Å². The summed E-state index contributed by atoms with van der Waals surface area (Å²) in [6.07, 6.45) is 1.75. The van der Waals surface area contributed by atoms with Gasteiger partial charge in [-0.1, -0.05) is 29.5 Å². The van der Waals surface area contributed by atoms with Gasteiger partial charge in [-0.3, -0.25) is 0 Å². The van der Waals surface area contributed by atoms with Crippen molar-refractivity contribution in [3.05, 3.63) is 46.4 Å². The van der Waals surface area contributed by atoms with E-state index in [4.69, 9.17) is 11.6 Å². The molecule has 0 N–H and O–H groups in total. The lowest BCUT2D eigenvalue weighted by atomic mass is 10.2. The number of benzene rings is 1. The minimum absolute atomic E-state index is 0.294. The summed E-state index contributed by atoms with van der Waals surface area (Å²) < 4.78 is 0. The fourth-order valence-electron chi connectivity index (χ4n) is 1.53. The molecular formula is C13H13ClN2S. The van der Waals surface area contributed by atoms with Gasteiger partial charge in [0, 0.05) is 16.7 Å². The first-order valence-electron chi connectivity index (χ1n) is 5.30. The van der Waals surface area contributed by atoms with Gasteiger partial charge in [-0.25, -0.2) is 9.97 Å². The zero-order valence-electron chi connectivity index (χ0n) is 9.99. The Hall–Kier alpha value is -1.06. The Morgan fingerprint density at radius 3 is 2.59 bits per heavy atom. The third kappa shape index (κ3) is 2.99. The molecule has 1 aromatic heterocycles. The molecule has 0 fully saturated rings. The Bertz CT molecular complexity index is 555. The van der Waals surface area contributed by atoms with E-state index in [0.29, 0.717) is 5.28 Å². The molecule has 0 bridgehead atoms. The molecule has 1 heterocycles. The minimum Gasteiger partial charge on any atom is -0.226 e. The van der Waals surface area contributed by atoms with Gasteiger partial charge < -0.3 is 0 Å². The maximum atomic E-state index is 5.81. The van der Waals surface area contributed by atoms with Crippen molar-refractivity contribution < 1.29 is 0 Å². The van der Waals surface area contributed by atoms with Gasteiger partial charge >= 0.3 is 0 Å². The van der Waals surface area contributed by atoms with Crippen LogP contribution in [-0.4, -0.2) is 9.97 Å². The molecule has 0 radical (unpaired) electrons. The second-order valence-electron chi connectivity index (χ2n) is 4.00. The quantitative estimate of drug-likeness (QED) is 0.600. The predicted molar refractivity (Wildman–Crippen MR) is 71.8 cm³/mol. The molecule has 2 aromatic rings. The lowest BCUT2D eigenvalue weighted by Crippen LogP contribution is -1.90. The average molecular weight is 265 g/mol. The third-order valence-electron chi connectivity index (χ3n) is 2.43. The van der Waals surface area contributed by atoms with Crippen molar-refractivity contribution in [2.45, 2.75) is 30.7 Å². The van der Waals surface area contributed by atoms with Crippen LogP contribution in [0, 0.1) is 20.8 Å². The Kier molecular flexibility index (Phi) is 3.69. The number of rotatable bonds is 2. The molecule has 88 valence electrons. The number of aryl methyl sites for hydroxylation is 3. The van der Waals surface area contributed by atoms with E-state index < -0.39 is 0 Å². The van der Waals surface area contributed by atoms with Crippen LogP contribution in [-0.2, 0) is 0 Å². The highest BCUT2D eigenvalue weighted by molar-refractivity contribution is 7.99. The van der Waals surface area contributed by atoms with Crippen LogP contribution in [0.1, 0.15) is 16.7 Å². The van der Waals surface area contributed by atoms with Crippen LogP contribution in [0.3, 0.4) is 0 Å². The van der Waals surface area contributed by atoms with E-state index >= 15 is 0 Å². The van der Waals surface area contributed by atoms with Crippen LogP contribution in [0.5, 0.6) is 0 Å². The first kappa shape index (κ1) is 12.4. The Labute approximate surface area is 110 Å². The summed E-state index contributed by atoms with van der Waals surface area (Å²) in [5.74, 6) is 0. The van der Waals surface area contributed by atoms with Crippen molar-refractivity contribution in [2.24, 2.45) is 0 Å². The van der Waals surface area contributed by atoms with Crippen LogP contribution in [0.2, 0.25) is 5.28 Å². The lowest BCUT2D eigenvalue weighted by Gasteiger charge is -2.07. The molecule has 17 heavy (non-hydrogen) atoms. The van der Waals surface area contributed by atoms with Crippen molar-refractivity contribution in [3.63, 3.8) is 0 Å². The molecule has 0 saturated carbocycles. The molecule has 0 unspecified atom stereocenters. The summed E-state index contributed by atoms with van der Waals surface area (Å²) in [5, 5.41) is 1.21. The number of halogens is 1.